The van der Waals surface area contributed by atoms with E-state index in [9.17, 15) is 0 Å². The first-order valence-corrected chi connectivity index (χ1v) is 21.2. The fourth-order valence-corrected chi connectivity index (χ4v) is 11.2. The fraction of sp³-hybridized carbons (Fsp3) is 0.0179. The molecule has 4 heterocycles. The molecule has 0 fully saturated rings. The van der Waals surface area contributed by atoms with Crippen LogP contribution < -0.4 is 0 Å². The minimum atomic E-state index is -0.477. The maximum absolute atomic E-state index is 5.50. The Morgan fingerprint density at radius 1 is 0.350 bits per heavy atom. The molecule has 0 saturated carbocycles. The van der Waals surface area contributed by atoms with Crippen molar-refractivity contribution in [1.29, 1.82) is 0 Å². The lowest BCUT2D eigenvalue weighted by Gasteiger charge is -2.39. The summed E-state index contributed by atoms with van der Waals surface area (Å²) < 4.78 is 0. The fourth-order valence-electron chi connectivity index (χ4n) is 10.0. The van der Waals surface area contributed by atoms with Gasteiger partial charge in [-0.3, -0.25) is 0 Å². The summed E-state index contributed by atoms with van der Waals surface area (Å²) in [5, 5.41) is 5.56. The molecule has 11 aromatic rings. The molecule has 2 aliphatic rings. The smallest absolute Gasteiger partial charge is 0.0972 e. The summed E-state index contributed by atoms with van der Waals surface area (Å²) in [7, 11) is 0. The zero-order chi connectivity index (χ0) is 39.4. The monoisotopic (exact) mass is 779 g/mol. The van der Waals surface area contributed by atoms with Crippen LogP contribution in [0, 0.1) is 0 Å². The van der Waals surface area contributed by atoms with Gasteiger partial charge in [-0.15, -0.1) is 0 Å². The summed E-state index contributed by atoms with van der Waals surface area (Å²) in [5.41, 5.74) is 16.2. The highest BCUT2D eigenvalue weighted by Crippen LogP contribution is 2.63. The van der Waals surface area contributed by atoms with Gasteiger partial charge in [0, 0.05) is 48.0 Å². The van der Waals surface area contributed by atoms with Crippen LogP contribution in [0.3, 0.4) is 0 Å². The molecule has 1 aliphatic heterocycles. The molecule has 4 heteroatoms. The van der Waals surface area contributed by atoms with E-state index in [1.807, 2.05) is 17.8 Å². The molecule has 13 rings (SSSR count). The normalized spacial score (nSPS) is 13.4. The maximum atomic E-state index is 5.50. The van der Waals surface area contributed by atoms with Crippen molar-refractivity contribution in [1.82, 2.24) is 15.0 Å². The summed E-state index contributed by atoms with van der Waals surface area (Å²) in [6.07, 6.45) is 0. The summed E-state index contributed by atoms with van der Waals surface area (Å²) >= 11 is 1.88. The zero-order valence-electron chi connectivity index (χ0n) is 32.3. The van der Waals surface area contributed by atoms with Gasteiger partial charge < -0.3 is 0 Å². The van der Waals surface area contributed by atoms with E-state index in [-0.39, 0.29) is 0 Å². The minimum absolute atomic E-state index is 0.477. The second kappa shape index (κ2) is 12.8. The predicted molar refractivity (Wildman–Crippen MR) is 248 cm³/mol. The van der Waals surface area contributed by atoms with Crippen LogP contribution in [-0.2, 0) is 5.41 Å². The largest absolute Gasteiger partial charge is 0.247 e. The van der Waals surface area contributed by atoms with Gasteiger partial charge in [-0.25, -0.2) is 15.0 Å². The Labute approximate surface area is 351 Å². The van der Waals surface area contributed by atoms with Crippen LogP contribution in [0.15, 0.2) is 210 Å². The average Bonchev–Trinajstić information content (AvgIpc) is 3.60. The number of hydrogen-bond donors (Lipinski definition) is 0. The molecule has 278 valence electrons. The second-order valence-electron chi connectivity index (χ2n) is 15.9. The van der Waals surface area contributed by atoms with Crippen LogP contribution in [-0.4, -0.2) is 15.0 Å². The van der Waals surface area contributed by atoms with Crippen LogP contribution in [0.5, 0.6) is 0 Å². The molecule has 3 nitrogen and oxygen atoms in total. The number of fused-ring (bicyclic) bond motifs is 15. The van der Waals surface area contributed by atoms with Crippen molar-refractivity contribution >= 4 is 55.2 Å². The van der Waals surface area contributed by atoms with Gasteiger partial charge in [0.15, 0.2) is 0 Å². The van der Waals surface area contributed by atoms with Gasteiger partial charge in [0.25, 0.3) is 0 Å². The molecule has 0 amide bonds. The van der Waals surface area contributed by atoms with Crippen LogP contribution in [0.2, 0.25) is 0 Å². The Balaban J connectivity index is 1.08. The van der Waals surface area contributed by atoms with Gasteiger partial charge in [0.2, 0.25) is 0 Å². The highest BCUT2D eigenvalue weighted by molar-refractivity contribution is 7.99. The third kappa shape index (κ3) is 4.77. The van der Waals surface area contributed by atoms with Crippen LogP contribution in [0.1, 0.15) is 22.3 Å². The molecule has 1 aliphatic carbocycles. The van der Waals surface area contributed by atoms with Crippen molar-refractivity contribution in [3.05, 3.63) is 222 Å². The van der Waals surface area contributed by atoms with Crippen molar-refractivity contribution in [2.24, 2.45) is 0 Å². The van der Waals surface area contributed by atoms with Gasteiger partial charge >= 0.3 is 0 Å². The lowest BCUT2D eigenvalue weighted by molar-refractivity contribution is 0.723. The Hall–Kier alpha value is -7.40. The van der Waals surface area contributed by atoms with Crippen molar-refractivity contribution < 1.29 is 0 Å². The molecule has 1 spiro atoms. The number of aromatic nitrogens is 3. The molecule has 60 heavy (non-hydrogen) atoms. The number of hydrogen-bond acceptors (Lipinski definition) is 4. The van der Waals surface area contributed by atoms with Crippen molar-refractivity contribution in [2.75, 3.05) is 0 Å². The summed E-state index contributed by atoms with van der Waals surface area (Å²) in [5.74, 6) is 0. The minimum Gasteiger partial charge on any atom is -0.247 e. The summed E-state index contributed by atoms with van der Waals surface area (Å²) in [6, 6.07) is 72.5. The van der Waals surface area contributed by atoms with E-state index in [1.165, 1.54) is 48.6 Å². The molecule has 0 bridgehead atoms. The Morgan fingerprint density at radius 2 is 0.917 bits per heavy atom. The third-order valence-corrected chi connectivity index (χ3v) is 13.8. The van der Waals surface area contributed by atoms with E-state index in [0.29, 0.717) is 0 Å². The average molecular weight is 780 g/mol. The lowest BCUT2D eigenvalue weighted by atomic mass is 9.67. The van der Waals surface area contributed by atoms with Gasteiger partial charge in [0.05, 0.1) is 39.0 Å². The van der Waals surface area contributed by atoms with E-state index < -0.39 is 5.41 Å². The van der Waals surface area contributed by atoms with Crippen molar-refractivity contribution in [2.45, 2.75) is 15.2 Å². The first-order valence-electron chi connectivity index (χ1n) is 20.4. The number of nitrogens with zero attached hydrogens (tertiary/aromatic N) is 3. The van der Waals surface area contributed by atoms with Crippen LogP contribution in [0.4, 0.5) is 0 Å². The SMILES string of the molecule is c1ccc(-c2ccc3ccc4ccc(-c5ccc6nc(-c7ccccc7)c7cc8c(cc7c6c5)-c5ccccc5C85c6ccccc6Sc6ccccc65)nc4c3n2)cc1. The lowest BCUT2D eigenvalue weighted by Crippen LogP contribution is -2.31. The highest BCUT2D eigenvalue weighted by atomic mass is 32.2. The first kappa shape index (κ1) is 33.6. The molecular weight excluding hydrogens is 747 g/mol. The van der Waals surface area contributed by atoms with E-state index in [1.54, 1.807) is 0 Å². The van der Waals surface area contributed by atoms with E-state index in [0.717, 1.165) is 71.9 Å². The zero-order valence-corrected chi connectivity index (χ0v) is 33.1. The molecule has 8 aromatic carbocycles. The standard InChI is InChI=1S/C56H33N3S/c1-3-13-34(14-4-1)48-28-25-36-23-24-37-26-29-49(58-55(37)54(36)57-48)38-27-30-50-42(31-38)40-32-41-39-17-7-8-18-44(39)56(47(41)33-43(40)53(59-50)35-15-5-2-6-16-35)45-19-9-11-21-51(45)60-52-22-12-10-20-46(52)56/h1-33H. The first-order chi connectivity index (χ1) is 29.7. The van der Waals surface area contributed by atoms with Gasteiger partial charge in [-0.1, -0.05) is 163 Å². The quantitative estimate of drug-likeness (QED) is 0.167. The number of rotatable bonds is 3. The van der Waals surface area contributed by atoms with E-state index in [2.05, 4.69) is 194 Å². The van der Waals surface area contributed by atoms with Gasteiger partial charge in [-0.05, 0) is 87.3 Å². The van der Waals surface area contributed by atoms with Crippen LogP contribution in [0.25, 0.3) is 88.4 Å². The molecule has 0 atom stereocenters. The molecule has 0 saturated heterocycles. The number of benzene rings is 8. The molecular formula is C56H33N3S. The Morgan fingerprint density at radius 3 is 1.60 bits per heavy atom. The molecule has 0 radical (unpaired) electrons. The molecule has 3 aromatic heterocycles. The topological polar surface area (TPSA) is 38.7 Å². The predicted octanol–water partition coefficient (Wildman–Crippen LogP) is 14.3. The van der Waals surface area contributed by atoms with Gasteiger partial charge in [-0.2, -0.15) is 0 Å². The van der Waals surface area contributed by atoms with Crippen molar-refractivity contribution in [3.8, 4) is 44.9 Å². The van der Waals surface area contributed by atoms with Gasteiger partial charge in [0.1, 0.15) is 0 Å². The maximum Gasteiger partial charge on any atom is 0.0972 e. The molecule has 0 unspecified atom stereocenters. The Bertz CT molecular complexity index is 3530. The van der Waals surface area contributed by atoms with E-state index >= 15 is 0 Å². The van der Waals surface area contributed by atoms with Crippen molar-refractivity contribution in [3.63, 3.8) is 0 Å². The number of pyridine rings is 3. The Kier molecular flexibility index (Phi) is 7.16. The van der Waals surface area contributed by atoms with E-state index in [4.69, 9.17) is 15.0 Å². The molecule has 0 N–H and O–H groups in total. The highest BCUT2D eigenvalue weighted by Gasteiger charge is 2.50. The summed E-state index contributed by atoms with van der Waals surface area (Å²) in [6.45, 7) is 0. The third-order valence-electron chi connectivity index (χ3n) is 12.7. The van der Waals surface area contributed by atoms with Crippen LogP contribution >= 0.6 is 11.8 Å². The summed E-state index contributed by atoms with van der Waals surface area (Å²) in [4.78, 5) is 18.6. The second-order valence-corrected chi connectivity index (χ2v) is 16.9.